The largest absolute Gasteiger partial charge is 0.349 e. The number of hydrogen-bond acceptors (Lipinski definition) is 4. The summed E-state index contributed by atoms with van der Waals surface area (Å²) in [7, 11) is 0. The van der Waals surface area contributed by atoms with Crippen molar-refractivity contribution < 1.29 is 4.79 Å². The molecule has 0 saturated heterocycles. The number of nitrogens with zero attached hydrogens (tertiary/aromatic N) is 1. The molecule has 0 atom stereocenters. The number of halogens is 1. The number of nitrogens with two attached hydrogens (primary N) is 1. The van der Waals surface area contributed by atoms with E-state index in [0.717, 1.165) is 12.8 Å². The van der Waals surface area contributed by atoms with Crippen LogP contribution in [0.25, 0.3) is 0 Å². The van der Waals surface area contributed by atoms with Gasteiger partial charge in [-0.1, -0.05) is 24.4 Å². The number of carbonyl (C=O) groups is 1. The average molecular weight is 255 g/mol. The molecule has 0 radical (unpaired) electrons. The Hall–Kier alpha value is -1.33. The molecule has 1 heterocycles. The van der Waals surface area contributed by atoms with Gasteiger partial charge in [0.15, 0.2) is 5.82 Å². The summed E-state index contributed by atoms with van der Waals surface area (Å²) in [5.74, 6) is 5.45. The molecule has 0 bridgehead atoms. The van der Waals surface area contributed by atoms with Gasteiger partial charge >= 0.3 is 0 Å². The number of pyridine rings is 1. The molecular formula is C11H15ClN4O. The minimum Gasteiger partial charge on any atom is -0.349 e. The summed E-state index contributed by atoms with van der Waals surface area (Å²) in [5, 5.41) is 3.31. The second-order valence-electron chi connectivity index (χ2n) is 4.15. The van der Waals surface area contributed by atoms with E-state index in [9.17, 15) is 4.79 Å². The highest BCUT2D eigenvalue weighted by Gasteiger charge is 2.18. The summed E-state index contributed by atoms with van der Waals surface area (Å²) in [6.07, 6.45) is 5.93. The first-order valence-electron chi connectivity index (χ1n) is 5.63. The fourth-order valence-corrected chi connectivity index (χ4v) is 2.23. The van der Waals surface area contributed by atoms with Gasteiger partial charge in [0.1, 0.15) is 0 Å². The van der Waals surface area contributed by atoms with Gasteiger partial charge in [-0.3, -0.25) is 4.79 Å². The maximum atomic E-state index is 11.9. The van der Waals surface area contributed by atoms with Gasteiger partial charge in [0, 0.05) is 12.2 Å². The second-order valence-corrected chi connectivity index (χ2v) is 4.56. The molecule has 1 aliphatic carbocycles. The molecule has 92 valence electrons. The van der Waals surface area contributed by atoms with Crippen LogP contribution in [0, 0.1) is 0 Å². The van der Waals surface area contributed by atoms with Crippen molar-refractivity contribution in [1.29, 1.82) is 0 Å². The Balaban J connectivity index is 2.05. The van der Waals surface area contributed by atoms with Crippen LogP contribution in [0.1, 0.15) is 36.0 Å². The average Bonchev–Trinajstić information content (AvgIpc) is 2.81. The predicted molar refractivity (Wildman–Crippen MR) is 66.8 cm³/mol. The molecule has 1 saturated carbocycles. The Morgan fingerprint density at radius 1 is 1.47 bits per heavy atom. The molecule has 1 aromatic rings. The third-order valence-corrected chi connectivity index (χ3v) is 3.22. The number of nitrogen functional groups attached to an aromatic ring is 1. The van der Waals surface area contributed by atoms with Crippen molar-refractivity contribution in [3.05, 3.63) is 22.8 Å². The molecule has 1 aliphatic rings. The summed E-state index contributed by atoms with van der Waals surface area (Å²) >= 11 is 5.91. The van der Waals surface area contributed by atoms with Crippen molar-refractivity contribution in [2.75, 3.05) is 5.43 Å². The van der Waals surface area contributed by atoms with Gasteiger partial charge in [-0.15, -0.1) is 0 Å². The third-order valence-electron chi connectivity index (χ3n) is 2.93. The van der Waals surface area contributed by atoms with Gasteiger partial charge < -0.3 is 10.7 Å². The first kappa shape index (κ1) is 12.1. The van der Waals surface area contributed by atoms with E-state index in [-0.39, 0.29) is 11.9 Å². The van der Waals surface area contributed by atoms with E-state index in [1.165, 1.54) is 19.0 Å². The van der Waals surface area contributed by atoms with E-state index >= 15 is 0 Å². The fourth-order valence-electron chi connectivity index (χ4n) is 2.01. The van der Waals surface area contributed by atoms with Gasteiger partial charge in [-0.25, -0.2) is 10.8 Å². The molecular weight excluding hydrogens is 240 g/mol. The van der Waals surface area contributed by atoms with Gasteiger partial charge in [0.25, 0.3) is 5.91 Å². The van der Waals surface area contributed by atoms with Gasteiger partial charge in [0.2, 0.25) is 0 Å². The highest BCUT2D eigenvalue weighted by Crippen LogP contribution is 2.21. The molecule has 1 fully saturated rings. The monoisotopic (exact) mass is 254 g/mol. The number of hydrogen-bond donors (Lipinski definition) is 3. The van der Waals surface area contributed by atoms with E-state index in [4.69, 9.17) is 17.4 Å². The molecule has 6 heteroatoms. The fraction of sp³-hybridized carbons (Fsp3) is 0.455. The Kier molecular flexibility index (Phi) is 3.81. The zero-order valence-electron chi connectivity index (χ0n) is 9.37. The zero-order chi connectivity index (χ0) is 12.3. The highest BCUT2D eigenvalue weighted by molar-refractivity contribution is 6.33. The van der Waals surface area contributed by atoms with Gasteiger partial charge in [0.05, 0.1) is 10.6 Å². The lowest BCUT2D eigenvalue weighted by Crippen LogP contribution is -2.32. The topological polar surface area (TPSA) is 80.0 Å². The highest BCUT2D eigenvalue weighted by atomic mass is 35.5. The van der Waals surface area contributed by atoms with Crippen molar-refractivity contribution in [1.82, 2.24) is 10.3 Å². The molecule has 0 unspecified atom stereocenters. The molecule has 17 heavy (non-hydrogen) atoms. The summed E-state index contributed by atoms with van der Waals surface area (Å²) in [6, 6.07) is 1.85. The summed E-state index contributed by atoms with van der Waals surface area (Å²) in [5.41, 5.74) is 2.82. The second kappa shape index (κ2) is 5.33. The lowest BCUT2D eigenvalue weighted by atomic mass is 10.2. The minimum absolute atomic E-state index is 0.130. The lowest BCUT2D eigenvalue weighted by molar-refractivity contribution is 0.0937. The Morgan fingerprint density at radius 3 is 2.76 bits per heavy atom. The van der Waals surface area contributed by atoms with Crippen molar-refractivity contribution >= 4 is 23.3 Å². The van der Waals surface area contributed by atoms with Crippen LogP contribution in [0.3, 0.4) is 0 Å². The quantitative estimate of drug-likeness (QED) is 0.567. The van der Waals surface area contributed by atoms with Crippen LogP contribution >= 0.6 is 11.6 Å². The van der Waals surface area contributed by atoms with E-state index in [2.05, 4.69) is 15.7 Å². The van der Waals surface area contributed by atoms with Crippen LogP contribution < -0.4 is 16.6 Å². The van der Waals surface area contributed by atoms with E-state index < -0.39 is 0 Å². The van der Waals surface area contributed by atoms with E-state index in [1.807, 2.05) is 0 Å². The van der Waals surface area contributed by atoms with Crippen molar-refractivity contribution in [3.63, 3.8) is 0 Å². The molecule has 5 nitrogen and oxygen atoms in total. The molecule has 0 aromatic carbocycles. The summed E-state index contributed by atoms with van der Waals surface area (Å²) in [4.78, 5) is 15.9. The molecule has 0 spiro atoms. The van der Waals surface area contributed by atoms with Crippen LogP contribution in [0.15, 0.2) is 12.3 Å². The van der Waals surface area contributed by atoms with Crippen LogP contribution in [0.4, 0.5) is 5.82 Å². The van der Waals surface area contributed by atoms with Gasteiger partial charge in [-0.2, -0.15) is 0 Å². The number of aromatic nitrogens is 1. The molecule has 1 aromatic heterocycles. The normalized spacial score (nSPS) is 15.9. The number of rotatable bonds is 3. The maximum absolute atomic E-state index is 11.9. The van der Waals surface area contributed by atoms with Crippen molar-refractivity contribution in [2.45, 2.75) is 31.7 Å². The van der Waals surface area contributed by atoms with Crippen LogP contribution in [0.2, 0.25) is 5.02 Å². The standard InChI is InChI=1S/C11H15ClN4O/c12-9-5-7(6-14-10(9)16-13)11(17)15-8-3-1-2-4-8/h5-6,8H,1-4,13H2,(H,14,16)(H,15,17). The van der Waals surface area contributed by atoms with Crippen LogP contribution in [-0.4, -0.2) is 16.9 Å². The first-order valence-corrected chi connectivity index (χ1v) is 6.01. The van der Waals surface area contributed by atoms with Crippen molar-refractivity contribution in [2.24, 2.45) is 5.84 Å². The zero-order valence-corrected chi connectivity index (χ0v) is 10.1. The first-order chi connectivity index (χ1) is 8.20. The minimum atomic E-state index is -0.130. The van der Waals surface area contributed by atoms with Crippen LogP contribution in [-0.2, 0) is 0 Å². The molecule has 2 rings (SSSR count). The summed E-state index contributed by atoms with van der Waals surface area (Å²) < 4.78 is 0. The Labute approximate surface area is 105 Å². The number of amides is 1. The number of nitrogens with one attached hydrogen (secondary N) is 2. The van der Waals surface area contributed by atoms with E-state index in [1.54, 1.807) is 6.07 Å². The van der Waals surface area contributed by atoms with Crippen LogP contribution in [0.5, 0.6) is 0 Å². The third kappa shape index (κ3) is 2.87. The lowest BCUT2D eigenvalue weighted by Gasteiger charge is -2.12. The Morgan fingerprint density at radius 2 is 2.18 bits per heavy atom. The smallest absolute Gasteiger partial charge is 0.253 e. The number of carbonyl (C=O) groups excluding carboxylic acids is 1. The van der Waals surface area contributed by atoms with E-state index in [0.29, 0.717) is 16.4 Å². The number of hydrazine groups is 1. The Bertz CT molecular complexity index is 418. The van der Waals surface area contributed by atoms with Crippen molar-refractivity contribution in [3.8, 4) is 0 Å². The molecule has 4 N–H and O–H groups in total. The molecule has 0 aliphatic heterocycles. The summed E-state index contributed by atoms with van der Waals surface area (Å²) in [6.45, 7) is 0. The number of anilines is 1. The predicted octanol–water partition coefficient (Wildman–Crippen LogP) is 1.69. The maximum Gasteiger partial charge on any atom is 0.253 e. The SMILES string of the molecule is NNc1ncc(C(=O)NC2CCCC2)cc1Cl. The molecule has 1 amide bonds. The van der Waals surface area contributed by atoms with Gasteiger partial charge in [-0.05, 0) is 18.9 Å².